The maximum atomic E-state index is 5.91. The molecule has 0 aromatic carbocycles. The van der Waals surface area contributed by atoms with Crippen molar-refractivity contribution in [2.24, 2.45) is 5.41 Å². The lowest BCUT2D eigenvalue weighted by Crippen LogP contribution is -2.25. The van der Waals surface area contributed by atoms with E-state index in [0.29, 0.717) is 17.2 Å². The van der Waals surface area contributed by atoms with Crippen LogP contribution in [0.2, 0.25) is 5.28 Å². The molecular weight excluding hydrogens is 252 g/mol. The van der Waals surface area contributed by atoms with E-state index in [9.17, 15) is 0 Å². The molecule has 0 saturated carbocycles. The molecule has 0 saturated heterocycles. The summed E-state index contributed by atoms with van der Waals surface area (Å²) in [6.07, 6.45) is 0.953. The highest BCUT2D eigenvalue weighted by molar-refractivity contribution is 6.28. The van der Waals surface area contributed by atoms with E-state index in [1.165, 1.54) is 0 Å². The molecule has 0 aliphatic carbocycles. The summed E-state index contributed by atoms with van der Waals surface area (Å²) in [5, 5.41) is 3.43. The summed E-state index contributed by atoms with van der Waals surface area (Å²) in [5.41, 5.74) is 7.23. The number of aromatic nitrogens is 2. The summed E-state index contributed by atoms with van der Waals surface area (Å²) < 4.78 is 5.09. The molecular formula is C12H21ClN4O. The van der Waals surface area contributed by atoms with Crippen molar-refractivity contribution < 1.29 is 4.74 Å². The van der Waals surface area contributed by atoms with Gasteiger partial charge in [-0.1, -0.05) is 13.8 Å². The highest BCUT2D eigenvalue weighted by Gasteiger charge is 2.18. The highest BCUT2D eigenvalue weighted by Crippen LogP contribution is 2.24. The van der Waals surface area contributed by atoms with Crippen LogP contribution in [0.5, 0.6) is 0 Å². The van der Waals surface area contributed by atoms with E-state index >= 15 is 0 Å². The van der Waals surface area contributed by atoms with Crippen LogP contribution >= 0.6 is 11.6 Å². The number of rotatable bonds is 6. The monoisotopic (exact) mass is 272 g/mol. The van der Waals surface area contributed by atoms with Gasteiger partial charge in [-0.2, -0.15) is 4.98 Å². The van der Waals surface area contributed by atoms with Crippen LogP contribution in [0.4, 0.5) is 11.5 Å². The van der Waals surface area contributed by atoms with Gasteiger partial charge in [-0.05, 0) is 30.4 Å². The SMILES string of the molecule is COCCC(C)(C)CNc1nc(Cl)nc(C)c1N. The first-order valence-corrected chi connectivity index (χ1v) is 6.26. The number of halogens is 1. The van der Waals surface area contributed by atoms with Gasteiger partial charge in [-0.3, -0.25) is 0 Å². The molecule has 0 spiro atoms. The number of nitrogens with one attached hydrogen (secondary N) is 1. The molecule has 0 amide bonds. The van der Waals surface area contributed by atoms with Crippen molar-refractivity contribution >= 4 is 23.1 Å². The molecule has 0 atom stereocenters. The molecule has 1 rings (SSSR count). The Bertz CT molecular complexity index is 409. The number of anilines is 2. The smallest absolute Gasteiger partial charge is 0.224 e. The summed E-state index contributed by atoms with van der Waals surface area (Å²) in [7, 11) is 1.70. The van der Waals surface area contributed by atoms with Crippen LogP contribution in [-0.2, 0) is 4.74 Å². The molecule has 0 fully saturated rings. The van der Waals surface area contributed by atoms with Gasteiger partial charge in [0.15, 0.2) is 5.82 Å². The van der Waals surface area contributed by atoms with Crippen molar-refractivity contribution in [2.45, 2.75) is 27.2 Å². The van der Waals surface area contributed by atoms with E-state index in [0.717, 1.165) is 19.6 Å². The van der Waals surface area contributed by atoms with Gasteiger partial charge >= 0.3 is 0 Å². The Labute approximate surface area is 113 Å². The Morgan fingerprint density at radius 1 is 1.39 bits per heavy atom. The number of nitrogens with two attached hydrogens (primary N) is 1. The molecule has 6 heteroatoms. The maximum Gasteiger partial charge on any atom is 0.224 e. The van der Waals surface area contributed by atoms with Crippen molar-refractivity contribution in [3.63, 3.8) is 0 Å². The minimum Gasteiger partial charge on any atom is -0.394 e. The van der Waals surface area contributed by atoms with E-state index in [1.807, 2.05) is 6.92 Å². The fourth-order valence-corrected chi connectivity index (χ4v) is 1.68. The van der Waals surface area contributed by atoms with Crippen molar-refractivity contribution in [1.82, 2.24) is 9.97 Å². The second-order valence-corrected chi connectivity index (χ2v) is 5.44. The van der Waals surface area contributed by atoms with Crippen molar-refractivity contribution in [3.8, 4) is 0 Å². The Balaban J connectivity index is 2.68. The molecule has 0 radical (unpaired) electrons. The third-order valence-electron chi connectivity index (χ3n) is 2.83. The lowest BCUT2D eigenvalue weighted by Gasteiger charge is -2.25. The number of nitrogen functional groups attached to an aromatic ring is 1. The molecule has 3 N–H and O–H groups in total. The minimum absolute atomic E-state index is 0.0911. The maximum absolute atomic E-state index is 5.91. The summed E-state index contributed by atoms with van der Waals surface area (Å²) in [5.74, 6) is 0.595. The predicted molar refractivity (Wildman–Crippen MR) is 75.0 cm³/mol. The van der Waals surface area contributed by atoms with Crippen LogP contribution < -0.4 is 11.1 Å². The Morgan fingerprint density at radius 2 is 2.06 bits per heavy atom. The van der Waals surface area contributed by atoms with Crippen molar-refractivity contribution in [1.29, 1.82) is 0 Å². The molecule has 0 aliphatic heterocycles. The molecule has 18 heavy (non-hydrogen) atoms. The van der Waals surface area contributed by atoms with Crippen LogP contribution in [0.1, 0.15) is 26.0 Å². The van der Waals surface area contributed by atoms with Gasteiger partial charge < -0.3 is 15.8 Å². The first-order chi connectivity index (χ1) is 8.35. The Hall–Kier alpha value is -1.07. The zero-order chi connectivity index (χ0) is 13.8. The quantitative estimate of drug-likeness (QED) is 0.779. The van der Waals surface area contributed by atoms with E-state index in [2.05, 4.69) is 29.1 Å². The third-order valence-corrected chi connectivity index (χ3v) is 3.00. The minimum atomic E-state index is 0.0911. The fraction of sp³-hybridized carbons (Fsp3) is 0.667. The largest absolute Gasteiger partial charge is 0.394 e. The lowest BCUT2D eigenvalue weighted by molar-refractivity contribution is 0.157. The number of aryl methyl sites for hydroxylation is 1. The molecule has 5 nitrogen and oxygen atoms in total. The van der Waals surface area contributed by atoms with Gasteiger partial charge in [-0.15, -0.1) is 0 Å². The molecule has 0 unspecified atom stereocenters. The number of hydrogen-bond acceptors (Lipinski definition) is 5. The third kappa shape index (κ3) is 4.31. The molecule has 1 heterocycles. The van der Waals surface area contributed by atoms with Gasteiger partial charge in [0.25, 0.3) is 0 Å². The van der Waals surface area contributed by atoms with E-state index < -0.39 is 0 Å². The first-order valence-electron chi connectivity index (χ1n) is 5.88. The van der Waals surface area contributed by atoms with Gasteiger partial charge in [0.1, 0.15) is 0 Å². The number of methoxy groups -OCH3 is 1. The average molecular weight is 273 g/mol. The lowest BCUT2D eigenvalue weighted by atomic mass is 9.90. The molecule has 0 bridgehead atoms. The Morgan fingerprint density at radius 3 is 2.67 bits per heavy atom. The normalized spacial score (nSPS) is 11.6. The molecule has 1 aromatic rings. The topological polar surface area (TPSA) is 73.1 Å². The van der Waals surface area contributed by atoms with Crippen LogP contribution in [0.25, 0.3) is 0 Å². The number of hydrogen-bond donors (Lipinski definition) is 2. The molecule has 1 aromatic heterocycles. The van der Waals surface area contributed by atoms with E-state index in [1.54, 1.807) is 7.11 Å². The highest BCUT2D eigenvalue weighted by atomic mass is 35.5. The van der Waals surface area contributed by atoms with Crippen molar-refractivity contribution in [2.75, 3.05) is 31.3 Å². The Kier molecular flexibility index (Phi) is 5.16. The van der Waals surface area contributed by atoms with Gasteiger partial charge in [-0.25, -0.2) is 4.98 Å². The van der Waals surface area contributed by atoms with Crippen LogP contribution in [-0.4, -0.2) is 30.2 Å². The zero-order valence-electron chi connectivity index (χ0n) is 11.4. The number of ether oxygens (including phenoxy) is 1. The first kappa shape index (κ1) is 15.0. The van der Waals surface area contributed by atoms with Gasteiger partial charge in [0, 0.05) is 20.3 Å². The second-order valence-electron chi connectivity index (χ2n) is 5.10. The second kappa shape index (κ2) is 6.20. The average Bonchev–Trinajstić information content (AvgIpc) is 2.29. The standard InChI is InChI=1S/C12H21ClN4O/c1-8-9(14)10(17-11(13)16-8)15-7-12(2,3)5-6-18-4/h5-7,14H2,1-4H3,(H,15,16,17). The molecule has 102 valence electrons. The van der Waals surface area contributed by atoms with Crippen LogP contribution in [0.15, 0.2) is 0 Å². The predicted octanol–water partition coefficient (Wildman–Crippen LogP) is 2.50. The number of nitrogens with zero attached hydrogens (tertiary/aromatic N) is 2. The van der Waals surface area contributed by atoms with Crippen LogP contribution in [0, 0.1) is 12.3 Å². The summed E-state index contributed by atoms with van der Waals surface area (Å²) in [6, 6.07) is 0. The summed E-state index contributed by atoms with van der Waals surface area (Å²) in [4.78, 5) is 8.10. The fourth-order valence-electron chi connectivity index (χ4n) is 1.47. The van der Waals surface area contributed by atoms with Crippen molar-refractivity contribution in [3.05, 3.63) is 11.0 Å². The van der Waals surface area contributed by atoms with Gasteiger partial charge in [0.2, 0.25) is 5.28 Å². The van der Waals surface area contributed by atoms with Crippen LogP contribution in [0.3, 0.4) is 0 Å². The summed E-state index contributed by atoms with van der Waals surface area (Å²) >= 11 is 5.82. The zero-order valence-corrected chi connectivity index (χ0v) is 12.1. The molecule has 0 aliphatic rings. The van der Waals surface area contributed by atoms with E-state index in [-0.39, 0.29) is 10.7 Å². The van der Waals surface area contributed by atoms with E-state index in [4.69, 9.17) is 22.1 Å². The summed E-state index contributed by atoms with van der Waals surface area (Å²) in [6.45, 7) is 7.60. The van der Waals surface area contributed by atoms with Gasteiger partial charge in [0.05, 0.1) is 11.4 Å².